The van der Waals surface area contributed by atoms with Gasteiger partial charge in [-0.25, -0.2) is 0 Å². The Morgan fingerprint density at radius 3 is 0.855 bits per heavy atom. The van der Waals surface area contributed by atoms with Crippen molar-refractivity contribution in [1.29, 1.82) is 0 Å². The van der Waals surface area contributed by atoms with Crippen LogP contribution in [0.15, 0.2) is 109 Å². The molecule has 6 heteroatoms. The van der Waals surface area contributed by atoms with E-state index < -0.39 is 12.1 Å². The molecule has 6 nitrogen and oxygen atoms in total. The zero-order valence-corrected chi connectivity index (χ0v) is 49.7. The van der Waals surface area contributed by atoms with Gasteiger partial charge in [0.05, 0.1) is 0 Å². The fourth-order valence-electron chi connectivity index (χ4n) is 8.77. The first-order valence-electron chi connectivity index (χ1n) is 31.9. The van der Waals surface area contributed by atoms with Crippen molar-refractivity contribution in [3.63, 3.8) is 0 Å². The maximum Gasteiger partial charge on any atom is 0.306 e. The number of hydrogen-bond donors (Lipinski definition) is 0. The van der Waals surface area contributed by atoms with E-state index >= 15 is 0 Å². The number of ether oxygens (including phenoxy) is 3. The molecule has 0 spiro atoms. The van der Waals surface area contributed by atoms with Crippen molar-refractivity contribution < 1.29 is 28.6 Å². The summed E-state index contributed by atoms with van der Waals surface area (Å²) in [4.78, 5) is 38.3. The zero-order chi connectivity index (χ0) is 55.0. The molecule has 0 aromatic carbocycles. The summed E-state index contributed by atoms with van der Waals surface area (Å²) in [5.41, 5.74) is 0. The molecular formula is C70H118O6. The second-order valence-corrected chi connectivity index (χ2v) is 20.9. The number of rotatable bonds is 57. The van der Waals surface area contributed by atoms with Crippen LogP contribution in [0, 0.1) is 0 Å². The Labute approximate surface area is 470 Å². The number of unbranched alkanes of at least 4 members (excludes halogenated alkanes) is 28. The first kappa shape index (κ1) is 72.1. The molecule has 0 aliphatic rings. The van der Waals surface area contributed by atoms with Crippen molar-refractivity contribution in [2.75, 3.05) is 13.2 Å². The van der Waals surface area contributed by atoms with Gasteiger partial charge in [-0.2, -0.15) is 0 Å². The predicted octanol–water partition coefficient (Wildman–Crippen LogP) is 21.8. The summed E-state index contributed by atoms with van der Waals surface area (Å²) in [7, 11) is 0. The van der Waals surface area contributed by atoms with Crippen molar-refractivity contribution in [3.05, 3.63) is 109 Å². The molecule has 0 saturated heterocycles. The average Bonchev–Trinajstić information content (AvgIpc) is 3.42. The van der Waals surface area contributed by atoms with Gasteiger partial charge in [0.2, 0.25) is 0 Å². The molecule has 0 bridgehead atoms. The van der Waals surface area contributed by atoms with Crippen molar-refractivity contribution in [2.45, 2.75) is 303 Å². The van der Waals surface area contributed by atoms with E-state index in [9.17, 15) is 14.4 Å². The fourth-order valence-corrected chi connectivity index (χ4v) is 8.77. The number of allylic oxidation sites excluding steroid dienone is 18. The average molecular weight is 1060 g/mol. The fraction of sp³-hybridized carbons (Fsp3) is 0.700. The Morgan fingerprint density at radius 2 is 0.539 bits per heavy atom. The second kappa shape index (κ2) is 63.6. The summed E-state index contributed by atoms with van der Waals surface area (Å²) in [6.07, 6.45) is 86.7. The molecule has 0 N–H and O–H groups in total. The lowest BCUT2D eigenvalue weighted by atomic mass is 10.0. The summed E-state index contributed by atoms with van der Waals surface area (Å²) in [6, 6.07) is 0. The minimum absolute atomic E-state index is 0.109. The van der Waals surface area contributed by atoms with E-state index in [1.165, 1.54) is 154 Å². The number of hydrogen-bond acceptors (Lipinski definition) is 6. The molecule has 1 unspecified atom stereocenters. The van der Waals surface area contributed by atoms with E-state index in [4.69, 9.17) is 14.2 Å². The summed E-state index contributed by atoms with van der Waals surface area (Å²) in [5, 5.41) is 0. The van der Waals surface area contributed by atoms with E-state index in [2.05, 4.69) is 124 Å². The van der Waals surface area contributed by atoms with Crippen molar-refractivity contribution >= 4 is 17.9 Å². The molecule has 0 aromatic rings. The Balaban J connectivity index is 4.48. The maximum absolute atomic E-state index is 12.9. The number of carbonyl (C=O) groups excluding carboxylic acids is 3. The molecule has 0 aliphatic carbocycles. The summed E-state index contributed by atoms with van der Waals surface area (Å²) < 4.78 is 16.9. The molecule has 1 atom stereocenters. The lowest BCUT2D eigenvalue weighted by Crippen LogP contribution is -2.30. The summed E-state index contributed by atoms with van der Waals surface area (Å²) >= 11 is 0. The van der Waals surface area contributed by atoms with E-state index in [0.29, 0.717) is 19.3 Å². The van der Waals surface area contributed by atoms with Crippen molar-refractivity contribution in [2.24, 2.45) is 0 Å². The Morgan fingerprint density at radius 1 is 0.276 bits per heavy atom. The van der Waals surface area contributed by atoms with E-state index in [-0.39, 0.29) is 31.6 Å². The van der Waals surface area contributed by atoms with Crippen molar-refractivity contribution in [3.8, 4) is 0 Å². The molecule has 0 radical (unpaired) electrons. The Hall–Kier alpha value is -3.93. The third kappa shape index (κ3) is 60.9. The van der Waals surface area contributed by atoms with Gasteiger partial charge in [-0.05, 0) is 96.3 Å². The molecule has 0 saturated carbocycles. The zero-order valence-electron chi connectivity index (χ0n) is 49.7. The highest BCUT2D eigenvalue weighted by atomic mass is 16.6. The maximum atomic E-state index is 12.9. The number of esters is 3. The molecule has 434 valence electrons. The molecule has 0 amide bonds. The van der Waals surface area contributed by atoms with Crippen LogP contribution in [-0.4, -0.2) is 37.2 Å². The topological polar surface area (TPSA) is 78.9 Å². The summed E-state index contributed by atoms with van der Waals surface area (Å²) in [6.45, 7) is 6.47. The van der Waals surface area contributed by atoms with Crippen LogP contribution in [0.3, 0.4) is 0 Å². The molecule has 0 rings (SSSR count). The molecule has 0 aromatic heterocycles. The van der Waals surface area contributed by atoms with Gasteiger partial charge in [0.1, 0.15) is 13.2 Å². The lowest BCUT2D eigenvalue weighted by Gasteiger charge is -2.18. The molecular weight excluding hydrogens is 937 g/mol. The largest absolute Gasteiger partial charge is 0.462 e. The monoisotopic (exact) mass is 1050 g/mol. The Kier molecular flexibility index (Phi) is 60.3. The van der Waals surface area contributed by atoms with E-state index in [0.717, 1.165) is 96.3 Å². The van der Waals surface area contributed by atoms with E-state index in [1.807, 2.05) is 6.08 Å². The van der Waals surface area contributed by atoms with Gasteiger partial charge in [-0.15, -0.1) is 0 Å². The van der Waals surface area contributed by atoms with Gasteiger partial charge >= 0.3 is 17.9 Å². The SMILES string of the molecule is CC/C=C\C/C=C\C/C=C\C/C=C\C/C=C\C/C=C\CCC(=O)OC(COC(=O)CCCCCCCCCC/C=C\C/C=C\C/C=C\CCCCCCC)COC(=O)CCCCCCCCCCCCCCCCCC. The highest BCUT2D eigenvalue weighted by Gasteiger charge is 2.19. The quantitative estimate of drug-likeness (QED) is 0.0261. The van der Waals surface area contributed by atoms with Crippen LogP contribution in [0.2, 0.25) is 0 Å². The van der Waals surface area contributed by atoms with Gasteiger partial charge in [-0.3, -0.25) is 14.4 Å². The highest BCUT2D eigenvalue weighted by Crippen LogP contribution is 2.16. The lowest BCUT2D eigenvalue weighted by molar-refractivity contribution is -0.166. The smallest absolute Gasteiger partial charge is 0.306 e. The van der Waals surface area contributed by atoms with Crippen LogP contribution in [0.4, 0.5) is 0 Å². The van der Waals surface area contributed by atoms with Crippen LogP contribution >= 0.6 is 0 Å². The van der Waals surface area contributed by atoms with Crippen LogP contribution < -0.4 is 0 Å². The molecule has 76 heavy (non-hydrogen) atoms. The van der Waals surface area contributed by atoms with Crippen molar-refractivity contribution in [1.82, 2.24) is 0 Å². The van der Waals surface area contributed by atoms with Gasteiger partial charge in [0, 0.05) is 19.3 Å². The first-order valence-corrected chi connectivity index (χ1v) is 31.9. The second-order valence-electron chi connectivity index (χ2n) is 20.9. The van der Waals surface area contributed by atoms with Gasteiger partial charge in [0.15, 0.2) is 6.10 Å². The standard InChI is InChI=1S/C70H118O6/c1-4-7-10-13-16-19-22-25-28-31-33-34-35-36-38-39-42-45-48-51-54-57-60-63-69(72)75-66-67(65-74-68(71)62-59-56-53-50-47-44-41-30-27-24-21-18-15-12-9-6-3)76-70(73)64-61-58-55-52-49-46-43-40-37-32-29-26-23-20-17-14-11-8-5-2/h8,11,17,20,22,25-26,29,31,33,35-37,40,46,49,55,58,67H,4-7,9-10,12-16,18-19,21,23-24,27-28,30,32,34,38-39,41-45,47-48,50-54,56-57,59-66H2,1-3H3/b11-8-,20-17-,25-22-,29-26-,33-31-,36-35-,40-37-,49-46-,58-55-. The first-order chi connectivity index (χ1) is 37.5. The predicted molar refractivity (Wildman–Crippen MR) is 330 cm³/mol. The molecule has 0 fully saturated rings. The molecule has 0 heterocycles. The third-order valence-corrected chi connectivity index (χ3v) is 13.5. The minimum Gasteiger partial charge on any atom is -0.462 e. The normalized spacial score (nSPS) is 12.8. The van der Waals surface area contributed by atoms with Gasteiger partial charge in [-0.1, -0.05) is 291 Å². The van der Waals surface area contributed by atoms with Crippen LogP contribution in [-0.2, 0) is 28.6 Å². The highest BCUT2D eigenvalue weighted by molar-refractivity contribution is 5.71. The summed E-state index contributed by atoms with van der Waals surface area (Å²) in [5.74, 6) is -0.994. The number of carbonyl (C=O) groups is 3. The molecule has 0 aliphatic heterocycles. The minimum atomic E-state index is -0.823. The third-order valence-electron chi connectivity index (χ3n) is 13.5. The van der Waals surface area contributed by atoms with E-state index in [1.54, 1.807) is 0 Å². The van der Waals surface area contributed by atoms with Crippen LogP contribution in [0.5, 0.6) is 0 Å². The van der Waals surface area contributed by atoms with Gasteiger partial charge in [0.25, 0.3) is 0 Å². The van der Waals surface area contributed by atoms with Crippen LogP contribution in [0.1, 0.15) is 297 Å². The van der Waals surface area contributed by atoms with Gasteiger partial charge < -0.3 is 14.2 Å². The Bertz CT molecular complexity index is 1540. The van der Waals surface area contributed by atoms with Crippen LogP contribution in [0.25, 0.3) is 0 Å².